The first-order chi connectivity index (χ1) is 29.1. The van der Waals surface area contributed by atoms with E-state index in [0.717, 1.165) is 49.7 Å². The van der Waals surface area contributed by atoms with E-state index in [2.05, 4.69) is 10.6 Å². The van der Waals surface area contributed by atoms with Gasteiger partial charge in [-0.25, -0.2) is 9.59 Å². The van der Waals surface area contributed by atoms with Crippen molar-refractivity contribution in [2.24, 2.45) is 5.92 Å². The van der Waals surface area contributed by atoms with Crippen LogP contribution in [0.5, 0.6) is 0 Å². The third-order valence-corrected chi connectivity index (χ3v) is 13.0. The van der Waals surface area contributed by atoms with E-state index in [1.54, 1.807) is 35.1 Å². The Morgan fingerprint density at radius 3 is 2.08 bits per heavy atom. The summed E-state index contributed by atoms with van der Waals surface area (Å²) >= 11 is 0. The first-order valence-corrected chi connectivity index (χ1v) is 22.5. The number of carbonyl (C=O) groups is 4. The molecular weight excluding hydrogens is 785 g/mol. The van der Waals surface area contributed by atoms with Crippen LogP contribution in [0.3, 0.4) is 0 Å². The van der Waals surface area contributed by atoms with Crippen LogP contribution in [0.25, 0.3) is 22.5 Å². The molecule has 4 aliphatic rings. The van der Waals surface area contributed by atoms with Crippen molar-refractivity contribution >= 4 is 34.0 Å². The van der Waals surface area contributed by atoms with Crippen LogP contribution in [0.1, 0.15) is 82.2 Å². The van der Waals surface area contributed by atoms with Crippen LogP contribution in [0.2, 0.25) is 0 Å². The van der Waals surface area contributed by atoms with E-state index in [-0.39, 0.29) is 25.5 Å². The Morgan fingerprint density at radius 1 is 0.817 bits per heavy atom. The van der Waals surface area contributed by atoms with E-state index < -0.39 is 69.3 Å². The number of benzene rings is 3. The SMILES string of the molecule is O=C(N[C@H]1CCCCCC=CC2C[C@@]2(C(=O)OS(=O)(=O)Cc2ccccc2)NC(=O)[C@@H]2C[C@@H](n3nc(-c4ccccc4)c(-c4ccccc4)n3)CN2C1=O)OC1CCCC1. The van der Waals surface area contributed by atoms with Gasteiger partial charge in [-0.1, -0.05) is 116 Å². The highest BCUT2D eigenvalue weighted by atomic mass is 32.2. The Balaban J connectivity index is 1.12. The van der Waals surface area contributed by atoms with E-state index in [9.17, 15) is 27.6 Å². The van der Waals surface area contributed by atoms with Crippen LogP contribution in [0.15, 0.2) is 103 Å². The van der Waals surface area contributed by atoms with Crippen molar-refractivity contribution in [1.82, 2.24) is 30.5 Å². The number of nitrogens with one attached hydrogen (secondary N) is 2. The highest BCUT2D eigenvalue weighted by Gasteiger charge is 2.63. The molecule has 3 amide bonds. The molecule has 8 rings (SSSR count). The van der Waals surface area contributed by atoms with Gasteiger partial charge >= 0.3 is 22.2 Å². The first-order valence-electron chi connectivity index (χ1n) is 20.9. The van der Waals surface area contributed by atoms with Crippen molar-refractivity contribution in [1.29, 1.82) is 0 Å². The number of amides is 3. The summed E-state index contributed by atoms with van der Waals surface area (Å²) in [6, 6.07) is 24.9. The number of fused-ring (bicyclic) bond motifs is 2. The van der Waals surface area contributed by atoms with Crippen molar-refractivity contribution in [3.05, 3.63) is 109 Å². The Kier molecular flexibility index (Phi) is 12.1. The Morgan fingerprint density at radius 2 is 1.43 bits per heavy atom. The lowest BCUT2D eigenvalue weighted by Gasteiger charge is -2.30. The monoisotopic (exact) mass is 834 g/mol. The summed E-state index contributed by atoms with van der Waals surface area (Å²) in [5.74, 6) is -3.26. The van der Waals surface area contributed by atoms with Gasteiger partial charge in [0.05, 0.1) is 6.04 Å². The second-order valence-electron chi connectivity index (χ2n) is 16.3. The fourth-order valence-electron chi connectivity index (χ4n) is 8.63. The Bertz CT molecular complexity index is 2260. The van der Waals surface area contributed by atoms with E-state index >= 15 is 0 Å². The van der Waals surface area contributed by atoms with Crippen molar-refractivity contribution in [2.45, 2.75) is 106 Å². The zero-order chi connectivity index (χ0) is 41.7. The molecule has 2 aliphatic heterocycles. The van der Waals surface area contributed by atoms with Crippen LogP contribution < -0.4 is 10.6 Å². The lowest BCUT2D eigenvalue weighted by Crippen LogP contribution is -2.56. The molecule has 1 aromatic heterocycles. The molecule has 3 aromatic carbocycles. The average molecular weight is 835 g/mol. The molecule has 15 heteroatoms. The second-order valence-corrected chi connectivity index (χ2v) is 17.8. The number of hydrogen-bond acceptors (Lipinski definition) is 10. The molecular formula is C45H50N6O8S. The van der Waals surface area contributed by atoms with Gasteiger partial charge in [0.2, 0.25) is 11.8 Å². The number of rotatable bonds is 9. The largest absolute Gasteiger partial charge is 0.446 e. The molecule has 4 aromatic rings. The Hall–Kier alpha value is -5.83. The number of alkyl carbamates (subject to hydrolysis) is 1. The van der Waals surface area contributed by atoms with Gasteiger partial charge in [-0.2, -0.15) is 23.4 Å². The molecule has 2 N–H and O–H groups in total. The maximum absolute atomic E-state index is 14.8. The minimum absolute atomic E-state index is 0.0240. The molecule has 3 fully saturated rings. The van der Waals surface area contributed by atoms with Gasteiger partial charge in [0.1, 0.15) is 40.9 Å². The maximum Gasteiger partial charge on any atom is 0.408 e. The summed E-state index contributed by atoms with van der Waals surface area (Å²) in [6.07, 6.45) is 9.69. The quantitative estimate of drug-likeness (QED) is 0.145. The number of allylic oxidation sites excluding steroid dienone is 1. The highest BCUT2D eigenvalue weighted by molar-refractivity contribution is 7.86. The summed E-state index contributed by atoms with van der Waals surface area (Å²) in [4.78, 5) is 59.7. The predicted octanol–water partition coefficient (Wildman–Crippen LogP) is 6.26. The van der Waals surface area contributed by atoms with Gasteiger partial charge in [0.15, 0.2) is 0 Å². The summed E-state index contributed by atoms with van der Waals surface area (Å²) in [5.41, 5.74) is 1.71. The average Bonchev–Trinajstić information content (AvgIpc) is 3.68. The van der Waals surface area contributed by atoms with Crippen LogP contribution in [-0.4, -0.2) is 82.5 Å². The summed E-state index contributed by atoms with van der Waals surface area (Å²) in [5, 5.41) is 15.6. The fraction of sp³-hybridized carbons (Fsp3) is 0.422. The molecule has 60 heavy (non-hydrogen) atoms. The van der Waals surface area contributed by atoms with Gasteiger partial charge in [0, 0.05) is 30.0 Å². The number of nitrogens with zero attached hydrogens (tertiary/aromatic N) is 4. The normalized spacial score (nSPS) is 25.0. The zero-order valence-corrected chi connectivity index (χ0v) is 34.2. The highest BCUT2D eigenvalue weighted by Crippen LogP contribution is 2.47. The van der Waals surface area contributed by atoms with E-state index in [4.69, 9.17) is 19.1 Å². The van der Waals surface area contributed by atoms with Gasteiger partial charge in [-0.05, 0) is 56.9 Å². The molecule has 14 nitrogen and oxygen atoms in total. The second kappa shape index (κ2) is 17.8. The standard InChI is InChI=1S/C45H50N6O8S/c52-41-38-27-35(51-48-39(32-19-9-5-10-20-32)40(49-51)33-21-11-6-12-22-33)29-50(38)42(53)37(46-44(55)58-36-24-15-16-25-36)26-14-3-1-2-13-23-34-28-45(34,47-41)43(54)59-60(56,57)30-31-17-7-4-8-18-31/h4-13,17-23,34-38H,1-3,14-16,24-30H2,(H,46,55)(H,47,52)/t34?,35-,37+,38+,45-/m1/s1. The smallest absolute Gasteiger partial charge is 0.408 e. The Labute approximate surface area is 349 Å². The molecule has 0 radical (unpaired) electrons. The van der Waals surface area contributed by atoms with Gasteiger partial charge < -0.3 is 24.5 Å². The van der Waals surface area contributed by atoms with E-state index in [1.807, 2.05) is 72.8 Å². The third kappa shape index (κ3) is 9.30. The van der Waals surface area contributed by atoms with Crippen LogP contribution >= 0.6 is 0 Å². The fourth-order valence-corrected chi connectivity index (χ4v) is 9.67. The molecule has 1 saturated heterocycles. The molecule has 0 bridgehead atoms. The van der Waals surface area contributed by atoms with Gasteiger partial charge in [-0.15, -0.1) is 0 Å². The topological polar surface area (TPSA) is 179 Å². The van der Waals surface area contributed by atoms with Crippen molar-refractivity contribution in [2.75, 3.05) is 6.54 Å². The van der Waals surface area contributed by atoms with Crippen LogP contribution in [0, 0.1) is 5.92 Å². The van der Waals surface area contributed by atoms with Crippen molar-refractivity contribution in [3.8, 4) is 22.5 Å². The van der Waals surface area contributed by atoms with Gasteiger partial charge in [-0.3, -0.25) is 9.59 Å². The van der Waals surface area contributed by atoms with Gasteiger partial charge in [0.25, 0.3) is 0 Å². The molecule has 5 atom stereocenters. The summed E-state index contributed by atoms with van der Waals surface area (Å²) in [7, 11) is -4.39. The van der Waals surface area contributed by atoms with E-state index in [1.165, 1.54) is 4.90 Å². The molecule has 1 unspecified atom stereocenters. The molecule has 0 spiro atoms. The number of ether oxygens (including phenoxy) is 1. The minimum Gasteiger partial charge on any atom is -0.446 e. The van der Waals surface area contributed by atoms with Crippen molar-refractivity contribution < 1.29 is 36.5 Å². The summed E-state index contributed by atoms with van der Waals surface area (Å²) in [6.45, 7) is 0.0240. The van der Waals surface area contributed by atoms with Crippen LogP contribution in [-0.2, 0) is 39.2 Å². The van der Waals surface area contributed by atoms with E-state index in [0.29, 0.717) is 36.2 Å². The number of hydrogen-bond donors (Lipinski definition) is 2. The zero-order valence-electron chi connectivity index (χ0n) is 33.4. The number of carbonyl (C=O) groups excluding carboxylic acids is 4. The number of aromatic nitrogens is 3. The molecule has 2 aliphatic carbocycles. The molecule has 2 saturated carbocycles. The third-order valence-electron chi connectivity index (χ3n) is 11.9. The lowest BCUT2D eigenvalue weighted by atomic mass is 10.0. The van der Waals surface area contributed by atoms with Crippen LogP contribution in [0.4, 0.5) is 4.79 Å². The minimum atomic E-state index is -4.39. The maximum atomic E-state index is 14.8. The molecule has 3 heterocycles. The molecule has 314 valence electrons. The lowest BCUT2D eigenvalue weighted by molar-refractivity contribution is -0.144. The predicted molar refractivity (Wildman–Crippen MR) is 222 cm³/mol. The first kappa shape index (κ1) is 40.9. The van der Waals surface area contributed by atoms with Crippen molar-refractivity contribution in [3.63, 3.8) is 0 Å². The summed E-state index contributed by atoms with van der Waals surface area (Å²) < 4.78 is 37.3.